The van der Waals surface area contributed by atoms with E-state index < -0.39 is 30.7 Å². The van der Waals surface area contributed by atoms with E-state index in [1.807, 2.05) is 0 Å². The van der Waals surface area contributed by atoms with Gasteiger partial charge in [-0.3, -0.25) is 0 Å². The first-order chi connectivity index (χ1) is 11.4. The van der Waals surface area contributed by atoms with Gasteiger partial charge >= 0.3 is 114 Å². The van der Waals surface area contributed by atoms with Crippen molar-refractivity contribution in [3.8, 4) is 0 Å². The van der Waals surface area contributed by atoms with Crippen LogP contribution in [0.15, 0.2) is 30.3 Å². The maximum Gasteiger partial charge on any atom is 0.319 e. The first kappa shape index (κ1) is 28.2. The van der Waals surface area contributed by atoms with Gasteiger partial charge in [-0.15, -0.1) is 0 Å². The van der Waals surface area contributed by atoms with Gasteiger partial charge in [0.2, 0.25) is 0 Å². The largest absolute Gasteiger partial charge is 0.325 e. The summed E-state index contributed by atoms with van der Waals surface area (Å²) in [6.45, 7) is -3.00. The summed E-state index contributed by atoms with van der Waals surface area (Å²) in [6.07, 6.45) is 5.59. The molecule has 0 saturated carbocycles. The van der Waals surface area contributed by atoms with E-state index in [4.69, 9.17) is 29.4 Å². The van der Waals surface area contributed by atoms with Crippen LogP contribution in [0.3, 0.4) is 0 Å². The molecule has 1 aromatic rings. The Morgan fingerprint density at radius 1 is 0.760 bits per heavy atom. The van der Waals surface area contributed by atoms with E-state index >= 15 is 0 Å². The molecule has 6 N–H and O–H groups in total. The molecule has 0 amide bonds. The monoisotopic (exact) mass is 517 g/mol. The van der Waals surface area contributed by atoms with Crippen LogP contribution in [-0.2, 0) is 40.9 Å². The van der Waals surface area contributed by atoms with Crippen LogP contribution in [-0.4, -0.2) is 29.4 Å². The van der Waals surface area contributed by atoms with Crippen LogP contribution in [0.5, 0.6) is 0 Å². The molecular formula is C14H29MoO6P2S2. The second-order valence-electron chi connectivity index (χ2n) is 4.95. The summed E-state index contributed by atoms with van der Waals surface area (Å²) in [6, 6.07) is 11.3. The van der Waals surface area contributed by atoms with E-state index in [9.17, 15) is 0 Å². The standard InChI is InChI=1S/C6H5.2C4H9.Mo.2H3O3PS/c1-2-4-6-5-3-1;2*1-3-4-2;;2*1-4(2,3)5/h1-5H;2*1,3-4H2,2H3;;2*(H3,1,2,3,5). The van der Waals surface area contributed by atoms with Crippen LogP contribution >= 0.6 is 13.4 Å². The Morgan fingerprint density at radius 3 is 1.36 bits per heavy atom. The fourth-order valence-corrected chi connectivity index (χ4v) is 7.71. The Kier molecular flexibility index (Phi) is 18.0. The van der Waals surface area contributed by atoms with Gasteiger partial charge in [0.1, 0.15) is 0 Å². The molecule has 0 unspecified atom stereocenters. The third-order valence-electron chi connectivity index (χ3n) is 2.57. The molecule has 11 heteroatoms. The van der Waals surface area contributed by atoms with Crippen LogP contribution in [0.4, 0.5) is 0 Å². The molecule has 0 saturated heterocycles. The Hall–Kier alpha value is 0.968. The van der Waals surface area contributed by atoms with Crippen molar-refractivity contribution in [1.29, 1.82) is 0 Å². The molecule has 0 aliphatic rings. The molecule has 0 aliphatic carbocycles. The quantitative estimate of drug-likeness (QED) is 0.242. The molecule has 0 heterocycles. The molecule has 0 fully saturated rings. The van der Waals surface area contributed by atoms with Crippen LogP contribution in [0, 0.1) is 0 Å². The van der Waals surface area contributed by atoms with Crippen LogP contribution < -0.4 is 3.95 Å². The molecule has 1 rings (SSSR count). The van der Waals surface area contributed by atoms with E-state index in [1.165, 1.54) is 35.3 Å². The zero-order chi connectivity index (χ0) is 19.9. The summed E-state index contributed by atoms with van der Waals surface area (Å²) in [7, 11) is 0. The minimum Gasteiger partial charge on any atom is -0.325 e. The topological polar surface area (TPSA) is 121 Å². The third kappa shape index (κ3) is 30.0. The van der Waals surface area contributed by atoms with Crippen molar-refractivity contribution >= 4 is 41.0 Å². The van der Waals surface area contributed by atoms with Gasteiger partial charge in [0.05, 0.1) is 0 Å². The van der Waals surface area contributed by atoms with E-state index in [0.29, 0.717) is 0 Å². The molecule has 0 atom stereocenters. The normalized spacial score (nSPS) is 11.2. The first-order valence-corrected chi connectivity index (χ1v) is 16.8. The predicted molar refractivity (Wildman–Crippen MR) is 107 cm³/mol. The van der Waals surface area contributed by atoms with Gasteiger partial charge in [-0.05, 0) is 23.6 Å². The smallest absolute Gasteiger partial charge is 0.319 e. The average Bonchev–Trinajstić information content (AvgIpc) is 2.45. The summed E-state index contributed by atoms with van der Waals surface area (Å²) in [5.41, 5.74) is 0. The average molecular weight is 515 g/mol. The van der Waals surface area contributed by atoms with Crippen LogP contribution in [0.2, 0.25) is 9.62 Å². The number of hydrogen-bond donors (Lipinski definition) is 6. The van der Waals surface area contributed by atoms with Gasteiger partial charge in [0.25, 0.3) is 0 Å². The minimum absolute atomic E-state index is 0.947. The molecule has 25 heavy (non-hydrogen) atoms. The van der Waals surface area contributed by atoms with Crippen molar-refractivity contribution < 1.29 is 46.7 Å². The van der Waals surface area contributed by atoms with Gasteiger partial charge in [-0.2, -0.15) is 0 Å². The first-order valence-electron chi connectivity index (χ1n) is 7.67. The zero-order valence-electron chi connectivity index (χ0n) is 14.4. The summed E-state index contributed by atoms with van der Waals surface area (Å²) in [5.74, 6) is 0. The van der Waals surface area contributed by atoms with Gasteiger partial charge in [-0.25, -0.2) is 0 Å². The molecular weight excluding hydrogens is 486 g/mol. The molecule has 6 nitrogen and oxygen atoms in total. The Bertz CT molecular complexity index is 479. The molecule has 0 bridgehead atoms. The predicted octanol–water partition coefficient (Wildman–Crippen LogP) is 2.74. The number of benzene rings is 1. The second kappa shape index (κ2) is 16.0. The van der Waals surface area contributed by atoms with Crippen molar-refractivity contribution in [3.63, 3.8) is 0 Å². The summed E-state index contributed by atoms with van der Waals surface area (Å²) in [4.78, 5) is 48.4. The van der Waals surface area contributed by atoms with E-state index in [-0.39, 0.29) is 0 Å². The van der Waals surface area contributed by atoms with E-state index in [2.05, 4.69) is 67.8 Å². The molecule has 0 aliphatic heterocycles. The van der Waals surface area contributed by atoms with Crippen LogP contribution in [0.25, 0.3) is 0 Å². The van der Waals surface area contributed by atoms with Gasteiger partial charge < -0.3 is 29.4 Å². The third-order valence-corrected chi connectivity index (χ3v) is 8.71. The number of rotatable bonds is 7. The van der Waals surface area contributed by atoms with Crippen molar-refractivity contribution in [2.75, 3.05) is 0 Å². The molecule has 149 valence electrons. The number of unbranched alkanes of at least 4 members (excludes halogenated alkanes) is 2. The molecule has 0 radical (unpaired) electrons. The minimum atomic E-state index is -3.81. The van der Waals surface area contributed by atoms with Gasteiger partial charge in [0.15, 0.2) is 0 Å². The summed E-state index contributed by atoms with van der Waals surface area (Å²) in [5, 5.41) is 0. The zero-order valence-corrected chi connectivity index (χ0v) is 19.9. The molecule has 0 aromatic heterocycles. The summed E-state index contributed by atoms with van der Waals surface area (Å²) >= 11 is 6.26. The molecule has 1 aromatic carbocycles. The molecule has 0 spiro atoms. The Morgan fingerprint density at radius 2 is 1.08 bits per heavy atom. The van der Waals surface area contributed by atoms with E-state index in [1.54, 1.807) is 3.95 Å². The van der Waals surface area contributed by atoms with Crippen LogP contribution in [0.1, 0.15) is 39.5 Å². The van der Waals surface area contributed by atoms with Crippen molar-refractivity contribution in [2.45, 2.75) is 49.2 Å². The van der Waals surface area contributed by atoms with Crippen molar-refractivity contribution in [1.82, 2.24) is 0 Å². The SMILES string of the molecule is CCC[CH2][Mo]([CH2]CCC)[c]1ccccc1.OP(O)(O)=S.OP(O)(O)=S. The fraction of sp³-hybridized carbons (Fsp3) is 0.571. The maximum atomic E-state index is 7.56. The van der Waals surface area contributed by atoms with Crippen molar-refractivity contribution in [3.05, 3.63) is 30.3 Å². The van der Waals surface area contributed by atoms with Gasteiger partial charge in [0, 0.05) is 0 Å². The Balaban J connectivity index is 0. The fourth-order valence-electron chi connectivity index (χ4n) is 1.59. The van der Waals surface area contributed by atoms with E-state index in [0.717, 1.165) is 0 Å². The van der Waals surface area contributed by atoms with Gasteiger partial charge in [-0.1, -0.05) is 0 Å². The Labute approximate surface area is 166 Å². The summed E-state index contributed by atoms with van der Waals surface area (Å²) < 4.78 is 1.71. The van der Waals surface area contributed by atoms with Crippen molar-refractivity contribution in [2.24, 2.45) is 0 Å². The number of hydrogen-bond acceptors (Lipinski definition) is 2. The second-order valence-corrected chi connectivity index (χ2v) is 15.5. The maximum absolute atomic E-state index is 7.56.